The Morgan fingerprint density at radius 3 is 1.65 bits per heavy atom. The summed E-state index contributed by atoms with van der Waals surface area (Å²) in [6.07, 6.45) is 0. The van der Waals surface area contributed by atoms with Crippen LogP contribution in [0, 0.1) is 0 Å². The van der Waals surface area contributed by atoms with Crippen molar-refractivity contribution in [1.82, 2.24) is 0 Å². The molecule has 0 bridgehead atoms. The summed E-state index contributed by atoms with van der Waals surface area (Å²) in [5.41, 5.74) is -0.720. The Balaban J connectivity index is 0.00000484. The zero-order chi connectivity index (χ0) is 16.8. The van der Waals surface area contributed by atoms with Crippen LogP contribution in [0.3, 0.4) is 0 Å². The van der Waals surface area contributed by atoms with Gasteiger partial charge in [0.15, 0.2) is 0 Å². The van der Waals surface area contributed by atoms with Gasteiger partial charge in [0.1, 0.15) is 23.3 Å². The molecule has 1 aromatic rings. The van der Waals surface area contributed by atoms with Crippen molar-refractivity contribution < 1.29 is 42.2 Å². The molecule has 0 aliphatic rings. The van der Waals surface area contributed by atoms with E-state index in [2.05, 4.69) is 9.47 Å². The van der Waals surface area contributed by atoms with E-state index in [0.29, 0.717) is 0 Å². The Bertz CT molecular complexity index is 613. The van der Waals surface area contributed by atoms with Crippen molar-refractivity contribution in [1.29, 1.82) is 0 Å². The monoisotopic (exact) mass is 349 g/mol. The minimum Gasteiger partial charge on any atom is -0.744 e. The van der Waals surface area contributed by atoms with E-state index in [1.165, 1.54) is 0 Å². The van der Waals surface area contributed by atoms with Crippen molar-refractivity contribution in [2.24, 2.45) is 0 Å². The van der Waals surface area contributed by atoms with Crippen LogP contribution in [0.4, 0.5) is 0 Å². The predicted octanol–water partition coefficient (Wildman–Crippen LogP) is -0.475. The van der Waals surface area contributed by atoms with Gasteiger partial charge in [0.05, 0.1) is 29.2 Å². The van der Waals surface area contributed by atoms with Gasteiger partial charge in [-0.15, -0.1) is 0 Å². The third-order valence-corrected chi connectivity index (χ3v) is 3.13. The second kappa shape index (κ2) is 9.20. The maximum atomic E-state index is 11.6. The maximum absolute atomic E-state index is 11.6. The third kappa shape index (κ3) is 6.32. The van der Waals surface area contributed by atoms with Crippen molar-refractivity contribution in [3.05, 3.63) is 29.3 Å². The number of esters is 2. The second-order valence-electron chi connectivity index (χ2n) is 3.92. The molecule has 9 nitrogen and oxygen atoms in total. The van der Waals surface area contributed by atoms with Crippen LogP contribution in [0.2, 0.25) is 0 Å². The highest BCUT2D eigenvalue weighted by atomic mass is 32.2. The number of ether oxygens (including phenoxy) is 2. The maximum Gasteiger partial charge on any atom is 0.338 e. The number of rotatable bonds is 7. The van der Waals surface area contributed by atoms with Gasteiger partial charge >= 0.3 is 11.9 Å². The van der Waals surface area contributed by atoms with Crippen LogP contribution in [0.1, 0.15) is 28.1 Å². The summed E-state index contributed by atoms with van der Waals surface area (Å²) < 4.78 is 42.4. The van der Waals surface area contributed by atoms with Gasteiger partial charge in [0, 0.05) is 0 Å². The molecule has 23 heavy (non-hydrogen) atoms. The Labute approximate surface area is 133 Å². The molecule has 0 heterocycles. The number of hydrogen-bond acceptors (Lipinski definition) is 9. The van der Waals surface area contributed by atoms with Gasteiger partial charge in [0.2, 0.25) is 0 Å². The van der Waals surface area contributed by atoms with E-state index in [1.807, 2.05) is 0 Å². The molecular weight excluding hydrogens is 332 g/mol. The summed E-state index contributed by atoms with van der Waals surface area (Å²) >= 11 is 0. The lowest BCUT2D eigenvalue weighted by Crippen LogP contribution is -2.14. The molecular formula is C13H17O9S-. The molecule has 0 saturated heterocycles. The van der Waals surface area contributed by atoms with E-state index in [9.17, 15) is 22.6 Å². The van der Waals surface area contributed by atoms with Crippen LogP contribution in [-0.2, 0) is 19.6 Å². The van der Waals surface area contributed by atoms with Crippen LogP contribution in [0.5, 0.6) is 0 Å². The molecule has 2 N–H and O–H groups in total. The largest absolute Gasteiger partial charge is 0.744 e. The second-order valence-corrected chi connectivity index (χ2v) is 5.30. The highest BCUT2D eigenvalue weighted by Gasteiger charge is 2.17. The highest BCUT2D eigenvalue weighted by Crippen LogP contribution is 2.17. The fourth-order valence-electron chi connectivity index (χ4n) is 1.42. The molecule has 130 valence electrons. The standard InChI is InChI=1S/C12H14O9S.CH4/c13-1-3-20-11(15)8-5-9(12(16)21-4-2-14)7-10(6-8)22(17,18)19;/h5-7,13-14H,1-4H2,(H,17,18,19);1H4/p-1. The van der Waals surface area contributed by atoms with Gasteiger partial charge in [-0.1, -0.05) is 7.43 Å². The first-order valence-corrected chi connectivity index (χ1v) is 7.37. The van der Waals surface area contributed by atoms with Crippen LogP contribution in [-0.4, -0.2) is 61.5 Å². The topological polar surface area (TPSA) is 150 Å². The molecule has 1 aromatic carbocycles. The zero-order valence-corrected chi connectivity index (χ0v) is 12.0. The van der Waals surface area contributed by atoms with Gasteiger partial charge in [-0.3, -0.25) is 0 Å². The predicted molar refractivity (Wildman–Crippen MR) is 75.9 cm³/mol. The summed E-state index contributed by atoms with van der Waals surface area (Å²) in [6.45, 7) is -1.57. The molecule has 1 rings (SSSR count). The summed E-state index contributed by atoms with van der Waals surface area (Å²) in [7, 11) is -4.92. The lowest BCUT2D eigenvalue weighted by molar-refractivity contribution is 0.0429. The Morgan fingerprint density at radius 1 is 0.957 bits per heavy atom. The average Bonchev–Trinajstić information content (AvgIpc) is 2.48. The molecule has 0 aromatic heterocycles. The van der Waals surface area contributed by atoms with Gasteiger partial charge in [-0.25, -0.2) is 18.0 Å². The van der Waals surface area contributed by atoms with Crippen molar-refractivity contribution in [3.63, 3.8) is 0 Å². The van der Waals surface area contributed by atoms with Crippen molar-refractivity contribution in [2.45, 2.75) is 12.3 Å². The summed E-state index contributed by atoms with van der Waals surface area (Å²) in [4.78, 5) is 22.5. The van der Waals surface area contributed by atoms with Crippen molar-refractivity contribution >= 4 is 22.1 Å². The fraction of sp³-hybridized carbons (Fsp3) is 0.385. The lowest BCUT2D eigenvalue weighted by atomic mass is 10.1. The van der Waals surface area contributed by atoms with E-state index in [1.54, 1.807) is 0 Å². The smallest absolute Gasteiger partial charge is 0.338 e. The lowest BCUT2D eigenvalue weighted by Gasteiger charge is -2.11. The highest BCUT2D eigenvalue weighted by molar-refractivity contribution is 7.85. The van der Waals surface area contributed by atoms with E-state index >= 15 is 0 Å². The molecule has 0 spiro atoms. The van der Waals surface area contributed by atoms with Gasteiger partial charge < -0.3 is 24.2 Å². The SMILES string of the molecule is C.O=C(OCCO)c1cc(C(=O)OCCO)cc(S(=O)(=O)[O-])c1. The fourth-order valence-corrected chi connectivity index (χ4v) is 1.97. The molecule has 0 aliphatic carbocycles. The quantitative estimate of drug-likeness (QED) is 0.491. The molecule has 0 aliphatic heterocycles. The Hall–Kier alpha value is -2.01. The number of hydrogen-bond donors (Lipinski definition) is 2. The van der Waals surface area contributed by atoms with Crippen LogP contribution in [0.25, 0.3) is 0 Å². The number of carbonyl (C=O) groups excluding carboxylic acids is 2. The average molecular weight is 349 g/mol. The van der Waals surface area contributed by atoms with Gasteiger partial charge in [0.25, 0.3) is 0 Å². The van der Waals surface area contributed by atoms with Crippen LogP contribution >= 0.6 is 0 Å². The van der Waals surface area contributed by atoms with E-state index < -0.39 is 40.2 Å². The third-order valence-electron chi connectivity index (χ3n) is 2.32. The molecule has 0 amide bonds. The zero-order valence-electron chi connectivity index (χ0n) is 11.2. The number of carbonyl (C=O) groups is 2. The first-order valence-electron chi connectivity index (χ1n) is 5.96. The van der Waals surface area contributed by atoms with Crippen LogP contribution in [0.15, 0.2) is 23.1 Å². The number of benzene rings is 1. The summed E-state index contributed by atoms with van der Waals surface area (Å²) in [5.74, 6) is -2.04. The normalized spacial score (nSPS) is 10.6. The molecule has 10 heteroatoms. The first-order chi connectivity index (χ1) is 10.3. The molecule has 0 atom stereocenters. The molecule has 0 fully saturated rings. The van der Waals surface area contributed by atoms with Crippen molar-refractivity contribution in [3.8, 4) is 0 Å². The minimum absolute atomic E-state index is 0. The summed E-state index contributed by atoms with van der Waals surface area (Å²) in [6, 6.07) is 2.49. The number of aliphatic hydroxyl groups is 2. The Kier molecular flexibility index (Phi) is 8.40. The molecule has 0 radical (unpaired) electrons. The minimum atomic E-state index is -4.92. The first kappa shape index (κ1) is 21.0. The van der Waals surface area contributed by atoms with E-state index in [0.717, 1.165) is 18.2 Å². The summed E-state index contributed by atoms with van der Waals surface area (Å²) in [5, 5.41) is 17.1. The number of aliphatic hydroxyl groups excluding tert-OH is 2. The van der Waals surface area contributed by atoms with Crippen molar-refractivity contribution in [2.75, 3.05) is 26.4 Å². The van der Waals surface area contributed by atoms with Gasteiger partial charge in [-0.05, 0) is 18.2 Å². The molecule has 0 unspecified atom stereocenters. The Morgan fingerprint density at radius 2 is 1.35 bits per heavy atom. The van der Waals surface area contributed by atoms with Crippen LogP contribution < -0.4 is 0 Å². The molecule has 0 saturated carbocycles. The van der Waals surface area contributed by atoms with Gasteiger partial charge in [-0.2, -0.15) is 0 Å². The van der Waals surface area contributed by atoms with E-state index in [-0.39, 0.29) is 31.8 Å². The van der Waals surface area contributed by atoms with E-state index in [4.69, 9.17) is 10.2 Å².